The maximum atomic E-state index is 11.2. The number of rotatable bonds is 4. The summed E-state index contributed by atoms with van der Waals surface area (Å²) in [5.41, 5.74) is 0. The van der Waals surface area contributed by atoms with Crippen molar-refractivity contribution in [2.75, 3.05) is 14.2 Å². The van der Waals surface area contributed by atoms with E-state index in [1.54, 1.807) is 0 Å². The van der Waals surface area contributed by atoms with Gasteiger partial charge in [0.1, 0.15) is 0 Å². The normalized spacial score (nSPS) is 15.8. The van der Waals surface area contributed by atoms with Gasteiger partial charge in [-0.3, -0.25) is 13.6 Å². The summed E-state index contributed by atoms with van der Waals surface area (Å²) in [6, 6.07) is 0. The van der Waals surface area contributed by atoms with Crippen LogP contribution in [-0.4, -0.2) is 29.4 Å². The van der Waals surface area contributed by atoms with Crippen molar-refractivity contribution < 1.29 is 23.2 Å². The van der Waals surface area contributed by atoms with Crippen LogP contribution in [0.5, 0.6) is 0 Å². The van der Waals surface area contributed by atoms with Crippen molar-refractivity contribution in [3.63, 3.8) is 0 Å². The molecule has 5 nitrogen and oxygen atoms in total. The van der Waals surface area contributed by atoms with Gasteiger partial charge in [0.2, 0.25) is 10.1 Å². The lowest BCUT2D eigenvalue weighted by atomic mass is 10.8. The lowest BCUT2D eigenvalue weighted by molar-refractivity contribution is -0.0389. The second-order valence-electron chi connectivity index (χ2n) is 1.81. The SMILES string of the molecule is COP(=O)(OC)OC(O)C(Cl)(Cl)Cl. The second-order valence-corrected chi connectivity index (χ2v) is 6.02. The zero-order valence-electron chi connectivity index (χ0n) is 6.74. The summed E-state index contributed by atoms with van der Waals surface area (Å²) in [5.74, 6) is 0. The molecule has 9 heteroatoms. The van der Waals surface area contributed by atoms with Crippen LogP contribution in [0.4, 0.5) is 0 Å². The molecule has 80 valence electrons. The maximum absolute atomic E-state index is 11.2. The Balaban J connectivity index is 4.35. The van der Waals surface area contributed by atoms with Crippen LogP contribution < -0.4 is 0 Å². The van der Waals surface area contributed by atoms with Crippen molar-refractivity contribution in [2.24, 2.45) is 0 Å². The van der Waals surface area contributed by atoms with Gasteiger partial charge in [-0.05, 0) is 0 Å². The second kappa shape index (κ2) is 5.14. The molecule has 0 amide bonds. The van der Waals surface area contributed by atoms with Crippen LogP contribution in [0.2, 0.25) is 0 Å². The van der Waals surface area contributed by atoms with Crippen LogP contribution in [0, 0.1) is 0 Å². The number of aliphatic hydroxyl groups is 1. The van der Waals surface area contributed by atoms with E-state index >= 15 is 0 Å². The number of alkyl halides is 3. The monoisotopic (exact) mass is 272 g/mol. The van der Waals surface area contributed by atoms with E-state index in [0.29, 0.717) is 0 Å². The molecule has 0 rings (SSSR count). The fourth-order valence-electron chi connectivity index (χ4n) is 0.343. The molecule has 1 atom stereocenters. The van der Waals surface area contributed by atoms with Gasteiger partial charge >= 0.3 is 7.82 Å². The fraction of sp³-hybridized carbons (Fsp3) is 1.00. The molecular weight excluding hydrogens is 265 g/mol. The Morgan fingerprint density at radius 3 is 1.92 bits per heavy atom. The first-order valence-electron chi connectivity index (χ1n) is 2.90. The smallest absolute Gasteiger partial charge is 0.364 e. The summed E-state index contributed by atoms with van der Waals surface area (Å²) in [4.78, 5) is 0. The Kier molecular flexibility index (Phi) is 5.51. The average Bonchev–Trinajstić information content (AvgIpc) is 2.02. The van der Waals surface area contributed by atoms with Gasteiger partial charge in [-0.15, -0.1) is 0 Å². The first-order chi connectivity index (χ1) is 5.75. The summed E-state index contributed by atoms with van der Waals surface area (Å²) >= 11 is 15.7. The van der Waals surface area contributed by atoms with Crippen molar-refractivity contribution in [3.8, 4) is 0 Å². The Bertz CT molecular complexity index is 196. The van der Waals surface area contributed by atoms with Gasteiger partial charge in [-0.25, -0.2) is 4.57 Å². The first kappa shape index (κ1) is 13.9. The maximum Gasteiger partial charge on any atom is 0.476 e. The van der Waals surface area contributed by atoms with Crippen molar-refractivity contribution in [1.82, 2.24) is 0 Å². The van der Waals surface area contributed by atoms with Gasteiger partial charge in [-0.2, -0.15) is 0 Å². The quantitative estimate of drug-likeness (QED) is 0.483. The molecule has 1 unspecified atom stereocenters. The predicted octanol–water partition coefficient (Wildman–Crippen LogP) is 2.09. The van der Waals surface area contributed by atoms with E-state index in [4.69, 9.17) is 39.9 Å². The van der Waals surface area contributed by atoms with E-state index in [1.807, 2.05) is 0 Å². The highest BCUT2D eigenvalue weighted by Gasteiger charge is 2.39. The molecule has 13 heavy (non-hydrogen) atoms. The Morgan fingerprint density at radius 1 is 1.31 bits per heavy atom. The third-order valence-corrected chi connectivity index (χ3v) is 2.87. The third kappa shape index (κ3) is 4.81. The van der Waals surface area contributed by atoms with Crippen LogP contribution in [0.1, 0.15) is 0 Å². The summed E-state index contributed by atoms with van der Waals surface area (Å²) in [6.45, 7) is 0. The topological polar surface area (TPSA) is 65.0 Å². The van der Waals surface area contributed by atoms with Crippen molar-refractivity contribution >= 4 is 42.6 Å². The van der Waals surface area contributed by atoms with Gasteiger partial charge in [-0.1, -0.05) is 34.8 Å². The highest BCUT2D eigenvalue weighted by molar-refractivity contribution is 7.48. The molecule has 0 radical (unpaired) electrons. The number of aliphatic hydroxyl groups excluding tert-OH is 1. The van der Waals surface area contributed by atoms with Crippen LogP contribution >= 0.6 is 42.6 Å². The van der Waals surface area contributed by atoms with Crippen LogP contribution in [0.15, 0.2) is 0 Å². The molecule has 0 aliphatic carbocycles. The minimum absolute atomic E-state index is 1.06. The Morgan fingerprint density at radius 2 is 1.69 bits per heavy atom. The zero-order chi connectivity index (χ0) is 10.7. The lowest BCUT2D eigenvalue weighted by Crippen LogP contribution is -2.27. The number of hydrogen-bond donors (Lipinski definition) is 1. The summed E-state index contributed by atoms with van der Waals surface area (Å²) in [5, 5.41) is 9.03. The molecule has 0 aliphatic rings. The molecule has 0 aromatic carbocycles. The fourth-order valence-corrected chi connectivity index (χ4v) is 1.39. The number of halogens is 3. The number of hydrogen-bond acceptors (Lipinski definition) is 5. The molecule has 0 bridgehead atoms. The van der Waals surface area contributed by atoms with Crippen LogP contribution in [0.25, 0.3) is 0 Å². The molecule has 0 saturated carbocycles. The molecule has 0 fully saturated rings. The molecule has 1 N–H and O–H groups in total. The summed E-state index contributed by atoms with van der Waals surface area (Å²) < 4.78 is 22.1. The number of phosphoric ester groups is 1. The third-order valence-electron chi connectivity index (χ3n) is 0.956. The average molecular weight is 273 g/mol. The largest absolute Gasteiger partial charge is 0.476 e. The molecular formula is C4H8Cl3O5P. The molecule has 0 aromatic heterocycles. The van der Waals surface area contributed by atoms with Gasteiger partial charge in [0, 0.05) is 14.2 Å². The predicted molar refractivity (Wildman–Crippen MR) is 49.0 cm³/mol. The Hall–Kier alpha value is 0.940. The van der Waals surface area contributed by atoms with Crippen molar-refractivity contribution in [2.45, 2.75) is 10.1 Å². The van der Waals surface area contributed by atoms with Crippen LogP contribution in [-0.2, 0) is 18.1 Å². The standard InChI is InChI=1S/C4H8Cl3O5P/c1-10-13(9,11-2)12-3(8)4(5,6)7/h3,8H,1-2H3. The van der Waals surface area contributed by atoms with Crippen LogP contribution in [0.3, 0.4) is 0 Å². The first-order valence-corrected chi connectivity index (χ1v) is 5.49. The van der Waals surface area contributed by atoms with E-state index in [-0.39, 0.29) is 0 Å². The zero-order valence-corrected chi connectivity index (χ0v) is 9.90. The number of phosphoric acid groups is 1. The summed E-state index contributed by atoms with van der Waals surface area (Å²) in [6.07, 6.45) is -1.90. The molecule has 0 heterocycles. The lowest BCUT2D eigenvalue weighted by Gasteiger charge is -2.22. The minimum atomic E-state index is -3.84. The van der Waals surface area contributed by atoms with Gasteiger partial charge in [0.15, 0.2) is 0 Å². The molecule has 0 saturated heterocycles. The highest BCUT2D eigenvalue weighted by Crippen LogP contribution is 2.51. The van der Waals surface area contributed by atoms with Gasteiger partial charge in [0.25, 0.3) is 0 Å². The van der Waals surface area contributed by atoms with E-state index in [0.717, 1.165) is 14.2 Å². The van der Waals surface area contributed by atoms with Crippen molar-refractivity contribution in [1.29, 1.82) is 0 Å². The van der Waals surface area contributed by atoms with Crippen molar-refractivity contribution in [3.05, 3.63) is 0 Å². The molecule has 0 spiro atoms. The van der Waals surface area contributed by atoms with Gasteiger partial charge < -0.3 is 5.11 Å². The summed E-state index contributed by atoms with van der Waals surface area (Å²) in [7, 11) is -1.71. The van der Waals surface area contributed by atoms with E-state index in [2.05, 4.69) is 13.6 Å². The molecule has 0 aliphatic heterocycles. The highest BCUT2D eigenvalue weighted by atomic mass is 35.6. The van der Waals surface area contributed by atoms with E-state index in [9.17, 15) is 4.57 Å². The van der Waals surface area contributed by atoms with Gasteiger partial charge in [0.05, 0.1) is 0 Å². The minimum Gasteiger partial charge on any atom is -0.364 e. The molecule has 0 aromatic rings. The van der Waals surface area contributed by atoms with E-state index < -0.39 is 17.9 Å². The Labute approximate surface area is 90.4 Å². The van der Waals surface area contributed by atoms with E-state index in [1.165, 1.54) is 0 Å².